The number of carbonyl (C=O) groups is 2. The van der Waals surface area contributed by atoms with Crippen molar-refractivity contribution in [2.45, 2.75) is 51.4 Å². The standard InChI is InChI=1S/C14H24N2O2/c15-14(18)12-7-4-8-16(10-12)13(17)9-11-5-2-1-3-6-11/h11-12H,1-10H2,(H2,15,18). The van der Waals surface area contributed by atoms with Crippen LogP contribution >= 0.6 is 0 Å². The first kappa shape index (κ1) is 13.4. The van der Waals surface area contributed by atoms with E-state index in [1.54, 1.807) is 0 Å². The number of nitrogens with two attached hydrogens (primary N) is 1. The molecule has 0 bridgehead atoms. The summed E-state index contributed by atoms with van der Waals surface area (Å²) in [5.41, 5.74) is 5.34. The van der Waals surface area contributed by atoms with Crippen LogP contribution in [0.15, 0.2) is 0 Å². The fourth-order valence-electron chi connectivity index (χ4n) is 3.20. The maximum atomic E-state index is 12.2. The minimum absolute atomic E-state index is 0.131. The molecule has 1 atom stereocenters. The Morgan fingerprint density at radius 2 is 1.78 bits per heavy atom. The molecule has 1 saturated heterocycles. The zero-order valence-electron chi connectivity index (χ0n) is 11.1. The van der Waals surface area contributed by atoms with Crippen LogP contribution < -0.4 is 5.73 Å². The average molecular weight is 252 g/mol. The van der Waals surface area contributed by atoms with Crippen molar-refractivity contribution in [3.8, 4) is 0 Å². The van der Waals surface area contributed by atoms with Gasteiger partial charge in [0, 0.05) is 19.5 Å². The Morgan fingerprint density at radius 3 is 2.44 bits per heavy atom. The minimum Gasteiger partial charge on any atom is -0.369 e. The number of amides is 2. The molecule has 0 aromatic rings. The Kier molecular flexibility index (Phi) is 4.61. The fraction of sp³-hybridized carbons (Fsp3) is 0.857. The van der Waals surface area contributed by atoms with E-state index in [1.807, 2.05) is 4.90 Å². The Labute approximate surface area is 109 Å². The summed E-state index contributed by atoms with van der Waals surface area (Å²) in [7, 11) is 0. The number of likely N-dealkylation sites (tertiary alicyclic amines) is 1. The Hall–Kier alpha value is -1.06. The predicted molar refractivity (Wildman–Crippen MR) is 69.7 cm³/mol. The summed E-state index contributed by atoms with van der Waals surface area (Å²) in [4.78, 5) is 25.3. The number of carbonyl (C=O) groups excluding carboxylic acids is 2. The molecule has 1 unspecified atom stereocenters. The molecule has 2 fully saturated rings. The highest BCUT2D eigenvalue weighted by Crippen LogP contribution is 2.27. The van der Waals surface area contributed by atoms with E-state index in [9.17, 15) is 9.59 Å². The molecule has 0 radical (unpaired) electrons. The van der Waals surface area contributed by atoms with Crippen LogP contribution in [0.3, 0.4) is 0 Å². The van der Waals surface area contributed by atoms with Crippen LogP contribution in [0, 0.1) is 11.8 Å². The lowest BCUT2D eigenvalue weighted by Gasteiger charge is -2.32. The van der Waals surface area contributed by atoms with Gasteiger partial charge in [0.2, 0.25) is 11.8 Å². The molecule has 1 heterocycles. The Balaban J connectivity index is 1.82. The van der Waals surface area contributed by atoms with Gasteiger partial charge in [-0.1, -0.05) is 19.3 Å². The summed E-state index contributed by atoms with van der Waals surface area (Å²) in [6.45, 7) is 1.34. The second-order valence-corrected chi connectivity index (χ2v) is 5.79. The number of rotatable bonds is 3. The monoisotopic (exact) mass is 252 g/mol. The lowest BCUT2D eigenvalue weighted by molar-refractivity contribution is -0.136. The number of piperidine rings is 1. The van der Waals surface area contributed by atoms with Crippen LogP contribution in [0.1, 0.15) is 51.4 Å². The van der Waals surface area contributed by atoms with Crippen LogP contribution in [-0.2, 0) is 9.59 Å². The molecule has 18 heavy (non-hydrogen) atoms. The highest BCUT2D eigenvalue weighted by Gasteiger charge is 2.28. The summed E-state index contributed by atoms with van der Waals surface area (Å²) in [6, 6.07) is 0. The average Bonchev–Trinajstić information content (AvgIpc) is 2.40. The summed E-state index contributed by atoms with van der Waals surface area (Å²) in [5, 5.41) is 0. The quantitative estimate of drug-likeness (QED) is 0.830. The van der Waals surface area contributed by atoms with E-state index in [2.05, 4.69) is 0 Å². The second-order valence-electron chi connectivity index (χ2n) is 5.79. The van der Waals surface area contributed by atoms with Gasteiger partial charge in [-0.2, -0.15) is 0 Å². The largest absolute Gasteiger partial charge is 0.369 e. The van der Waals surface area contributed by atoms with Crippen molar-refractivity contribution >= 4 is 11.8 Å². The van der Waals surface area contributed by atoms with Gasteiger partial charge >= 0.3 is 0 Å². The van der Waals surface area contributed by atoms with E-state index in [-0.39, 0.29) is 17.7 Å². The van der Waals surface area contributed by atoms with Crippen molar-refractivity contribution in [2.24, 2.45) is 17.6 Å². The van der Waals surface area contributed by atoms with Crippen molar-refractivity contribution < 1.29 is 9.59 Å². The van der Waals surface area contributed by atoms with Crippen molar-refractivity contribution in [1.29, 1.82) is 0 Å². The smallest absolute Gasteiger partial charge is 0.222 e. The summed E-state index contributed by atoms with van der Waals surface area (Å²) in [5.74, 6) is 0.410. The van der Waals surface area contributed by atoms with Gasteiger partial charge < -0.3 is 10.6 Å². The Bertz CT molecular complexity index is 311. The van der Waals surface area contributed by atoms with Gasteiger partial charge in [-0.05, 0) is 31.6 Å². The maximum Gasteiger partial charge on any atom is 0.222 e. The first-order valence-electron chi connectivity index (χ1n) is 7.24. The third-order valence-corrected chi connectivity index (χ3v) is 4.36. The molecule has 1 saturated carbocycles. The van der Waals surface area contributed by atoms with E-state index in [0.29, 0.717) is 18.9 Å². The van der Waals surface area contributed by atoms with Crippen LogP contribution in [-0.4, -0.2) is 29.8 Å². The molecule has 0 aromatic carbocycles. The molecule has 1 aliphatic carbocycles. The van der Waals surface area contributed by atoms with E-state index in [4.69, 9.17) is 5.73 Å². The first-order valence-corrected chi connectivity index (χ1v) is 7.24. The predicted octanol–water partition coefficient (Wildman–Crippen LogP) is 1.68. The lowest BCUT2D eigenvalue weighted by atomic mass is 9.86. The number of hydrogen-bond acceptors (Lipinski definition) is 2. The Morgan fingerprint density at radius 1 is 1.06 bits per heavy atom. The lowest BCUT2D eigenvalue weighted by Crippen LogP contribution is -2.44. The zero-order chi connectivity index (χ0) is 13.0. The number of primary amides is 1. The van der Waals surface area contributed by atoms with Crippen molar-refractivity contribution in [3.63, 3.8) is 0 Å². The molecule has 2 amide bonds. The number of hydrogen-bond donors (Lipinski definition) is 1. The van der Waals surface area contributed by atoms with Crippen LogP contribution in [0.2, 0.25) is 0 Å². The molecule has 102 valence electrons. The summed E-state index contributed by atoms with van der Waals surface area (Å²) >= 11 is 0. The van der Waals surface area contributed by atoms with Crippen LogP contribution in [0.25, 0.3) is 0 Å². The fourth-order valence-corrected chi connectivity index (χ4v) is 3.20. The topological polar surface area (TPSA) is 63.4 Å². The molecule has 2 N–H and O–H groups in total. The molecule has 2 aliphatic rings. The van der Waals surface area contributed by atoms with E-state index in [1.165, 1.54) is 32.1 Å². The SMILES string of the molecule is NC(=O)C1CCCN(C(=O)CC2CCCCC2)C1. The summed E-state index contributed by atoms with van der Waals surface area (Å²) in [6.07, 6.45) is 8.65. The first-order chi connectivity index (χ1) is 8.66. The summed E-state index contributed by atoms with van der Waals surface area (Å²) < 4.78 is 0. The van der Waals surface area contributed by atoms with Gasteiger partial charge in [0.1, 0.15) is 0 Å². The molecule has 0 spiro atoms. The maximum absolute atomic E-state index is 12.2. The van der Waals surface area contributed by atoms with Crippen molar-refractivity contribution in [1.82, 2.24) is 4.90 Å². The van der Waals surface area contributed by atoms with E-state index >= 15 is 0 Å². The molecule has 2 rings (SSSR count). The highest BCUT2D eigenvalue weighted by atomic mass is 16.2. The van der Waals surface area contributed by atoms with E-state index < -0.39 is 0 Å². The zero-order valence-corrected chi connectivity index (χ0v) is 11.1. The second kappa shape index (κ2) is 6.21. The van der Waals surface area contributed by atoms with Gasteiger partial charge in [-0.3, -0.25) is 9.59 Å². The van der Waals surface area contributed by atoms with Crippen LogP contribution in [0.5, 0.6) is 0 Å². The van der Waals surface area contributed by atoms with Crippen LogP contribution in [0.4, 0.5) is 0 Å². The molecule has 4 heteroatoms. The van der Waals surface area contributed by atoms with Gasteiger partial charge in [0.15, 0.2) is 0 Å². The molecular formula is C14H24N2O2. The highest BCUT2D eigenvalue weighted by molar-refractivity contribution is 5.80. The van der Waals surface area contributed by atoms with Crippen molar-refractivity contribution in [2.75, 3.05) is 13.1 Å². The van der Waals surface area contributed by atoms with Gasteiger partial charge in [0.05, 0.1) is 5.92 Å². The van der Waals surface area contributed by atoms with Crippen molar-refractivity contribution in [3.05, 3.63) is 0 Å². The molecule has 0 aromatic heterocycles. The minimum atomic E-state index is -0.259. The normalized spacial score (nSPS) is 26.0. The third-order valence-electron chi connectivity index (χ3n) is 4.36. The van der Waals surface area contributed by atoms with Gasteiger partial charge in [0.25, 0.3) is 0 Å². The molecule has 1 aliphatic heterocycles. The number of nitrogens with zero attached hydrogens (tertiary/aromatic N) is 1. The van der Waals surface area contributed by atoms with Gasteiger partial charge in [-0.25, -0.2) is 0 Å². The molecular weight excluding hydrogens is 228 g/mol. The third kappa shape index (κ3) is 3.47. The van der Waals surface area contributed by atoms with E-state index in [0.717, 1.165) is 19.4 Å². The molecule has 4 nitrogen and oxygen atoms in total. The van der Waals surface area contributed by atoms with Gasteiger partial charge in [-0.15, -0.1) is 0 Å².